The van der Waals surface area contributed by atoms with Crippen molar-refractivity contribution in [1.29, 1.82) is 0 Å². The van der Waals surface area contributed by atoms with E-state index in [1.165, 1.54) is 13.0 Å². The van der Waals surface area contributed by atoms with Crippen LogP contribution >= 0.6 is 15.9 Å². The summed E-state index contributed by atoms with van der Waals surface area (Å²) in [5.74, 6) is -0.294. The minimum atomic E-state index is -4.91. The van der Waals surface area contributed by atoms with Gasteiger partial charge in [0.2, 0.25) is 0 Å². The molecule has 0 aromatic rings. The van der Waals surface area contributed by atoms with Gasteiger partial charge in [0, 0.05) is 0 Å². The number of nitrogens with one attached hydrogen (secondary N) is 1. The van der Waals surface area contributed by atoms with Crippen molar-refractivity contribution in [3.05, 3.63) is 23.9 Å². The van der Waals surface area contributed by atoms with Crippen LogP contribution in [0.3, 0.4) is 0 Å². The molecule has 8 heteroatoms. The van der Waals surface area contributed by atoms with Crippen LogP contribution in [0, 0.1) is 0 Å². The molecule has 0 aromatic carbocycles. The van der Waals surface area contributed by atoms with Crippen molar-refractivity contribution in [2.45, 2.75) is 16.5 Å². The van der Waals surface area contributed by atoms with E-state index in [1.54, 1.807) is 12.2 Å². The SMILES string of the molecule is CC(=O)NC1=CC(Br)([As](=O)(O)OO)CC=C1. The molecule has 0 bridgehead atoms. The summed E-state index contributed by atoms with van der Waals surface area (Å²) in [7, 11) is 0. The fourth-order valence-electron chi connectivity index (χ4n) is 1.24. The Morgan fingerprint density at radius 3 is 2.88 bits per heavy atom. The van der Waals surface area contributed by atoms with Crippen molar-refractivity contribution < 1.29 is 21.8 Å². The van der Waals surface area contributed by atoms with Crippen LogP contribution in [0.4, 0.5) is 0 Å². The molecule has 1 amide bonds. The Bertz CT molecular complexity index is 407. The van der Waals surface area contributed by atoms with E-state index >= 15 is 0 Å². The van der Waals surface area contributed by atoms with Crippen LogP contribution in [0.5, 0.6) is 0 Å². The summed E-state index contributed by atoms with van der Waals surface area (Å²) >= 11 is -1.85. The molecule has 1 aliphatic carbocycles. The van der Waals surface area contributed by atoms with Crippen LogP contribution in [-0.2, 0) is 12.4 Å². The Balaban J connectivity index is 3.01. The summed E-state index contributed by atoms with van der Waals surface area (Å²) < 4.78 is 23.4. The van der Waals surface area contributed by atoms with Crippen molar-refractivity contribution in [1.82, 2.24) is 5.32 Å². The predicted octanol–water partition coefficient (Wildman–Crippen LogP) is 0.490. The first-order chi connectivity index (χ1) is 7.31. The normalized spacial score (nSPS) is 28.1. The summed E-state index contributed by atoms with van der Waals surface area (Å²) in [6, 6.07) is 0. The summed E-state index contributed by atoms with van der Waals surface area (Å²) in [5.41, 5.74) is 0.378. The van der Waals surface area contributed by atoms with E-state index in [0.717, 1.165) is 0 Å². The zero-order valence-electron chi connectivity index (χ0n) is 8.38. The summed E-state index contributed by atoms with van der Waals surface area (Å²) in [6.45, 7) is 1.32. The number of carbonyl (C=O) groups excluding carboxylic acids is 1. The molecule has 90 valence electrons. The van der Waals surface area contributed by atoms with Gasteiger partial charge in [0.15, 0.2) is 0 Å². The molecule has 0 heterocycles. The molecule has 0 aromatic heterocycles. The molecular formula is C8H11AsBrNO5. The second-order valence-electron chi connectivity index (χ2n) is 3.31. The minimum absolute atomic E-state index is 0.184. The third-order valence-corrected chi connectivity index (χ3v) is 7.95. The average Bonchev–Trinajstić information content (AvgIpc) is 2.16. The summed E-state index contributed by atoms with van der Waals surface area (Å²) in [6.07, 6.45) is 4.74. The van der Waals surface area contributed by atoms with Gasteiger partial charge in [-0.1, -0.05) is 0 Å². The molecule has 0 radical (unpaired) electrons. The standard InChI is InChI=1S/C8H11AsBrNO5/c1-6(12)11-7-3-2-4-8(10,5-7)9(13,14)16-15/h2-3,5,15H,4H2,1H3,(H,11,12)(H,13,14). The van der Waals surface area contributed by atoms with Crippen molar-refractivity contribution in [2.24, 2.45) is 0 Å². The average molecular weight is 356 g/mol. The number of hydrogen-bond acceptors (Lipinski definition) is 4. The number of alkyl halides is 1. The third-order valence-electron chi connectivity index (χ3n) is 1.98. The zero-order valence-corrected chi connectivity index (χ0v) is 11.8. The van der Waals surface area contributed by atoms with Gasteiger partial charge < -0.3 is 0 Å². The van der Waals surface area contributed by atoms with Crippen LogP contribution in [-0.4, -0.2) is 32.5 Å². The van der Waals surface area contributed by atoms with Crippen LogP contribution in [0.15, 0.2) is 23.9 Å². The first-order valence-electron chi connectivity index (χ1n) is 4.33. The summed E-state index contributed by atoms with van der Waals surface area (Å²) in [4.78, 5) is 10.8. The van der Waals surface area contributed by atoms with Gasteiger partial charge in [-0.3, -0.25) is 0 Å². The van der Waals surface area contributed by atoms with Crippen LogP contribution in [0.1, 0.15) is 13.3 Å². The number of rotatable bonds is 3. The van der Waals surface area contributed by atoms with Gasteiger partial charge in [-0.25, -0.2) is 0 Å². The van der Waals surface area contributed by atoms with E-state index in [-0.39, 0.29) is 12.3 Å². The zero-order chi connectivity index (χ0) is 12.4. The Kier molecular flexibility index (Phi) is 4.20. The number of hydrogen-bond donors (Lipinski definition) is 3. The topological polar surface area (TPSA) is 95.9 Å². The molecule has 1 aliphatic rings. The van der Waals surface area contributed by atoms with Crippen molar-refractivity contribution in [3.63, 3.8) is 0 Å². The van der Waals surface area contributed by atoms with E-state index in [1.807, 2.05) is 0 Å². The van der Waals surface area contributed by atoms with Gasteiger partial charge in [-0.15, -0.1) is 0 Å². The van der Waals surface area contributed by atoms with Gasteiger partial charge >= 0.3 is 103 Å². The van der Waals surface area contributed by atoms with Crippen LogP contribution in [0.25, 0.3) is 0 Å². The second-order valence-corrected chi connectivity index (χ2v) is 10.3. The Morgan fingerprint density at radius 2 is 2.38 bits per heavy atom. The predicted molar refractivity (Wildman–Crippen MR) is 59.7 cm³/mol. The number of halogens is 1. The molecule has 1 rings (SSSR count). The van der Waals surface area contributed by atoms with Crippen molar-refractivity contribution in [2.75, 3.05) is 0 Å². The van der Waals surface area contributed by atoms with Gasteiger partial charge in [-0.2, -0.15) is 0 Å². The number of allylic oxidation sites excluding steroid dienone is 3. The summed E-state index contributed by atoms with van der Waals surface area (Å²) in [5, 5.41) is 10.9. The van der Waals surface area contributed by atoms with E-state index in [4.69, 9.17) is 5.26 Å². The maximum atomic E-state index is 11.6. The van der Waals surface area contributed by atoms with Gasteiger partial charge in [0.25, 0.3) is 0 Å². The molecule has 6 nitrogen and oxygen atoms in total. The molecule has 16 heavy (non-hydrogen) atoms. The second kappa shape index (κ2) is 4.89. The fourth-order valence-corrected chi connectivity index (χ4v) is 3.64. The monoisotopic (exact) mass is 355 g/mol. The third kappa shape index (κ3) is 2.87. The Labute approximate surface area is 103 Å². The van der Waals surface area contributed by atoms with Gasteiger partial charge in [0.05, 0.1) is 0 Å². The Morgan fingerprint density at radius 1 is 1.75 bits per heavy atom. The first-order valence-corrected chi connectivity index (χ1v) is 8.43. The quantitative estimate of drug-likeness (QED) is 0.296. The van der Waals surface area contributed by atoms with Gasteiger partial charge in [0.1, 0.15) is 0 Å². The molecule has 2 atom stereocenters. The van der Waals surface area contributed by atoms with E-state index in [2.05, 4.69) is 25.1 Å². The van der Waals surface area contributed by atoms with E-state index < -0.39 is 17.3 Å². The molecule has 2 unspecified atom stereocenters. The number of carbonyl (C=O) groups is 1. The molecule has 0 spiro atoms. The molecule has 3 N–H and O–H groups in total. The van der Waals surface area contributed by atoms with Crippen LogP contribution in [0.2, 0.25) is 0 Å². The molecule has 0 aliphatic heterocycles. The molecular weight excluding hydrogens is 345 g/mol. The van der Waals surface area contributed by atoms with Crippen LogP contribution < -0.4 is 5.32 Å². The van der Waals surface area contributed by atoms with E-state index in [0.29, 0.717) is 5.70 Å². The van der Waals surface area contributed by atoms with Gasteiger partial charge in [-0.05, 0) is 0 Å². The molecule has 0 fully saturated rings. The Hall–Kier alpha value is -0.332. The van der Waals surface area contributed by atoms with Crippen molar-refractivity contribution >= 4 is 36.0 Å². The molecule has 0 saturated heterocycles. The van der Waals surface area contributed by atoms with Crippen molar-refractivity contribution in [3.8, 4) is 0 Å². The number of amides is 1. The fraction of sp³-hybridized carbons (Fsp3) is 0.375. The molecule has 0 saturated carbocycles. The maximum absolute atomic E-state index is 11.6. The van der Waals surface area contributed by atoms with E-state index in [9.17, 15) is 12.6 Å². The first kappa shape index (κ1) is 13.7.